The Morgan fingerprint density at radius 2 is 2.04 bits per heavy atom. The van der Waals surface area contributed by atoms with Crippen LogP contribution < -0.4 is 5.32 Å². The van der Waals surface area contributed by atoms with Gasteiger partial charge in [0.05, 0.1) is 11.7 Å². The minimum atomic E-state index is -4.48. The van der Waals surface area contributed by atoms with Gasteiger partial charge in [0.15, 0.2) is 0 Å². The Labute approximate surface area is 132 Å². The summed E-state index contributed by atoms with van der Waals surface area (Å²) in [7, 11) is 0. The maximum absolute atomic E-state index is 12.6. The molecule has 1 fully saturated rings. The van der Waals surface area contributed by atoms with Crippen molar-refractivity contribution in [3.05, 3.63) is 35.4 Å². The van der Waals surface area contributed by atoms with Gasteiger partial charge < -0.3 is 15.2 Å². The first-order valence-electron chi connectivity index (χ1n) is 7.59. The van der Waals surface area contributed by atoms with Gasteiger partial charge in [-0.1, -0.05) is 6.07 Å². The topological polar surface area (TPSA) is 58.6 Å². The van der Waals surface area contributed by atoms with E-state index in [2.05, 4.69) is 5.32 Å². The summed E-state index contributed by atoms with van der Waals surface area (Å²) in [6.45, 7) is 1.46. The van der Waals surface area contributed by atoms with Crippen LogP contribution in [-0.2, 0) is 10.9 Å². The molecule has 2 N–H and O–H groups in total. The van der Waals surface area contributed by atoms with Crippen molar-refractivity contribution in [3.63, 3.8) is 0 Å². The lowest BCUT2D eigenvalue weighted by molar-refractivity contribution is -0.137. The van der Waals surface area contributed by atoms with E-state index in [1.807, 2.05) is 0 Å². The molecule has 1 aromatic carbocycles. The van der Waals surface area contributed by atoms with Gasteiger partial charge in [0, 0.05) is 25.3 Å². The minimum Gasteiger partial charge on any atom is -0.393 e. The predicted octanol–water partition coefficient (Wildman–Crippen LogP) is 2.61. The minimum absolute atomic E-state index is 0.0413. The Morgan fingerprint density at radius 3 is 2.70 bits per heavy atom. The highest BCUT2D eigenvalue weighted by molar-refractivity contribution is 5.94. The molecule has 1 saturated heterocycles. The van der Waals surface area contributed by atoms with Crippen LogP contribution in [0.15, 0.2) is 24.3 Å². The van der Waals surface area contributed by atoms with Crippen molar-refractivity contribution in [2.45, 2.75) is 31.5 Å². The Hall–Kier alpha value is -1.60. The SMILES string of the molecule is O=C(NCCC(O)C1CCOCC1)c1cccc(C(F)(F)F)c1. The second-order valence-electron chi connectivity index (χ2n) is 5.64. The normalized spacial score (nSPS) is 17.7. The Balaban J connectivity index is 1.82. The molecule has 0 aliphatic carbocycles. The molecule has 1 unspecified atom stereocenters. The van der Waals surface area contributed by atoms with Crippen molar-refractivity contribution in [1.29, 1.82) is 0 Å². The number of aliphatic hydroxyl groups is 1. The van der Waals surface area contributed by atoms with Crippen LogP contribution in [0.1, 0.15) is 35.2 Å². The van der Waals surface area contributed by atoms with Crippen molar-refractivity contribution in [1.82, 2.24) is 5.32 Å². The van der Waals surface area contributed by atoms with Crippen molar-refractivity contribution >= 4 is 5.91 Å². The lowest BCUT2D eigenvalue weighted by atomic mass is 9.92. The maximum Gasteiger partial charge on any atom is 0.416 e. The summed E-state index contributed by atoms with van der Waals surface area (Å²) >= 11 is 0. The summed E-state index contributed by atoms with van der Waals surface area (Å²) in [4.78, 5) is 11.9. The third-order valence-corrected chi connectivity index (χ3v) is 3.99. The number of hydrogen-bond acceptors (Lipinski definition) is 3. The highest BCUT2D eigenvalue weighted by Crippen LogP contribution is 2.29. The van der Waals surface area contributed by atoms with Gasteiger partial charge >= 0.3 is 6.18 Å². The number of alkyl halides is 3. The van der Waals surface area contributed by atoms with Gasteiger partial charge in [0.25, 0.3) is 5.91 Å². The van der Waals surface area contributed by atoms with E-state index in [0.29, 0.717) is 19.6 Å². The van der Waals surface area contributed by atoms with Gasteiger partial charge in [-0.05, 0) is 43.4 Å². The first-order chi connectivity index (χ1) is 10.9. The molecule has 1 aliphatic rings. The van der Waals surface area contributed by atoms with Crippen molar-refractivity contribution in [3.8, 4) is 0 Å². The van der Waals surface area contributed by atoms with Crippen LogP contribution in [0.3, 0.4) is 0 Å². The summed E-state index contributed by atoms with van der Waals surface area (Å²) in [5.74, 6) is -0.426. The van der Waals surface area contributed by atoms with Crippen molar-refractivity contribution < 1.29 is 27.8 Å². The van der Waals surface area contributed by atoms with Crippen LogP contribution in [0.2, 0.25) is 0 Å². The molecular formula is C16H20F3NO3. The number of rotatable bonds is 5. The Bertz CT molecular complexity index is 528. The van der Waals surface area contributed by atoms with Gasteiger partial charge in [0.2, 0.25) is 0 Å². The highest BCUT2D eigenvalue weighted by atomic mass is 19.4. The Morgan fingerprint density at radius 1 is 1.35 bits per heavy atom. The molecule has 1 atom stereocenters. The molecule has 7 heteroatoms. The molecular weight excluding hydrogens is 311 g/mol. The zero-order chi connectivity index (χ0) is 16.9. The first-order valence-corrected chi connectivity index (χ1v) is 7.59. The number of hydrogen-bond donors (Lipinski definition) is 2. The molecule has 1 aromatic rings. The van der Waals surface area contributed by atoms with E-state index < -0.39 is 23.8 Å². The number of amides is 1. The van der Waals surface area contributed by atoms with Crippen LogP contribution in [-0.4, -0.2) is 36.9 Å². The zero-order valence-electron chi connectivity index (χ0n) is 12.6. The van der Waals surface area contributed by atoms with Crippen molar-refractivity contribution in [2.75, 3.05) is 19.8 Å². The molecule has 1 aliphatic heterocycles. The van der Waals surface area contributed by atoms with Gasteiger partial charge in [-0.25, -0.2) is 0 Å². The van der Waals surface area contributed by atoms with Gasteiger partial charge in [-0.3, -0.25) is 4.79 Å². The average Bonchev–Trinajstić information content (AvgIpc) is 2.54. The molecule has 1 amide bonds. The number of benzene rings is 1. The maximum atomic E-state index is 12.6. The molecule has 1 heterocycles. The summed E-state index contributed by atoms with van der Waals surface area (Å²) in [5, 5.41) is 12.6. The lowest BCUT2D eigenvalue weighted by Crippen LogP contribution is -2.32. The number of aliphatic hydroxyl groups excluding tert-OH is 1. The molecule has 0 saturated carbocycles. The fraction of sp³-hybridized carbons (Fsp3) is 0.562. The van der Waals surface area contributed by atoms with E-state index in [-0.39, 0.29) is 18.0 Å². The number of halogens is 3. The van der Waals surface area contributed by atoms with E-state index in [4.69, 9.17) is 4.74 Å². The van der Waals surface area contributed by atoms with Gasteiger partial charge in [0.1, 0.15) is 0 Å². The standard InChI is InChI=1S/C16H20F3NO3/c17-16(18,19)13-3-1-2-12(10-13)15(22)20-7-4-14(21)11-5-8-23-9-6-11/h1-3,10-11,14,21H,4-9H2,(H,20,22). The molecule has 0 aromatic heterocycles. The summed E-state index contributed by atoms with van der Waals surface area (Å²) in [5.41, 5.74) is -0.896. The van der Waals surface area contributed by atoms with Crippen LogP contribution >= 0.6 is 0 Å². The second-order valence-corrected chi connectivity index (χ2v) is 5.64. The predicted molar refractivity (Wildman–Crippen MR) is 77.9 cm³/mol. The summed E-state index contributed by atoms with van der Waals surface area (Å²) in [6.07, 6.45) is -3.09. The fourth-order valence-corrected chi connectivity index (χ4v) is 2.61. The molecule has 0 spiro atoms. The molecule has 0 bridgehead atoms. The van der Waals surface area contributed by atoms with Gasteiger partial charge in [-0.15, -0.1) is 0 Å². The van der Waals surface area contributed by atoms with Crippen LogP contribution in [0.25, 0.3) is 0 Å². The number of nitrogens with one attached hydrogen (secondary N) is 1. The fourth-order valence-electron chi connectivity index (χ4n) is 2.61. The largest absolute Gasteiger partial charge is 0.416 e. The molecule has 0 radical (unpaired) electrons. The third-order valence-electron chi connectivity index (χ3n) is 3.99. The second kappa shape index (κ2) is 7.79. The highest BCUT2D eigenvalue weighted by Gasteiger charge is 2.30. The van der Waals surface area contributed by atoms with Crippen LogP contribution in [0, 0.1) is 5.92 Å². The molecule has 2 rings (SSSR count). The van der Waals surface area contributed by atoms with Crippen LogP contribution in [0.4, 0.5) is 13.2 Å². The lowest BCUT2D eigenvalue weighted by Gasteiger charge is -2.26. The van der Waals surface area contributed by atoms with Crippen LogP contribution in [0.5, 0.6) is 0 Å². The van der Waals surface area contributed by atoms with Crippen molar-refractivity contribution in [2.24, 2.45) is 5.92 Å². The summed E-state index contributed by atoms with van der Waals surface area (Å²) < 4.78 is 43.1. The van der Waals surface area contributed by atoms with E-state index in [9.17, 15) is 23.1 Å². The molecule has 23 heavy (non-hydrogen) atoms. The third kappa shape index (κ3) is 5.21. The number of carbonyl (C=O) groups excluding carboxylic acids is 1. The number of ether oxygens (including phenoxy) is 1. The van der Waals surface area contributed by atoms with Gasteiger partial charge in [-0.2, -0.15) is 13.2 Å². The smallest absolute Gasteiger partial charge is 0.393 e. The van der Waals surface area contributed by atoms with E-state index in [1.54, 1.807) is 0 Å². The monoisotopic (exact) mass is 331 g/mol. The molecule has 128 valence electrons. The van der Waals surface area contributed by atoms with E-state index in [1.165, 1.54) is 12.1 Å². The Kier molecular flexibility index (Phi) is 6.01. The quantitative estimate of drug-likeness (QED) is 0.872. The number of carbonyl (C=O) groups is 1. The zero-order valence-corrected chi connectivity index (χ0v) is 12.6. The summed E-state index contributed by atoms with van der Waals surface area (Å²) in [6, 6.07) is 4.28. The molecule has 4 nitrogen and oxygen atoms in total. The van der Waals surface area contributed by atoms with E-state index >= 15 is 0 Å². The average molecular weight is 331 g/mol. The van der Waals surface area contributed by atoms with E-state index in [0.717, 1.165) is 25.0 Å². The first kappa shape index (κ1) is 17.7.